The van der Waals surface area contributed by atoms with Crippen molar-refractivity contribution in [2.24, 2.45) is 0 Å². The number of alkyl halides is 3. The molecule has 208 valence electrons. The summed E-state index contributed by atoms with van der Waals surface area (Å²) in [5.41, 5.74) is 0.420. The molecule has 0 unspecified atom stereocenters. The molecule has 0 atom stereocenters. The summed E-state index contributed by atoms with van der Waals surface area (Å²) in [5, 5.41) is 2.08. The van der Waals surface area contributed by atoms with Crippen LogP contribution in [0.4, 0.5) is 13.2 Å². The van der Waals surface area contributed by atoms with Gasteiger partial charge in [0, 0.05) is 23.6 Å². The van der Waals surface area contributed by atoms with Crippen LogP contribution < -0.4 is 32.3 Å². The van der Waals surface area contributed by atoms with Crippen LogP contribution in [0.1, 0.15) is 5.56 Å². The minimum atomic E-state index is -4.68. The molecular weight excluding hydrogens is 676 g/mol. The van der Waals surface area contributed by atoms with Gasteiger partial charge < -0.3 is 13.4 Å². The molecule has 41 heavy (non-hydrogen) atoms. The highest BCUT2D eigenvalue weighted by molar-refractivity contribution is 7.85. The van der Waals surface area contributed by atoms with Gasteiger partial charge in [-0.15, -0.1) is 0 Å². The molecule has 2 aromatic heterocycles. The first-order chi connectivity index (χ1) is 19.4. The monoisotopic (exact) mass is 692 g/mol. The van der Waals surface area contributed by atoms with Crippen LogP contribution >= 0.6 is 0 Å². The predicted octanol–water partition coefficient (Wildman–Crippen LogP) is 2.79. The van der Waals surface area contributed by atoms with Gasteiger partial charge in [0.15, 0.2) is 7.14 Å². The number of benzene rings is 4. The zero-order valence-corrected chi connectivity index (χ0v) is 23.5. The molecule has 0 saturated heterocycles. The molecule has 0 N–H and O–H groups in total. The van der Waals surface area contributed by atoms with Gasteiger partial charge in [-0.05, 0) is 66.7 Å². The lowest BCUT2D eigenvalue weighted by Crippen LogP contribution is -3.61. The normalized spacial score (nSPS) is 11.9. The van der Waals surface area contributed by atoms with Crippen LogP contribution in [0.25, 0.3) is 32.9 Å². The van der Waals surface area contributed by atoms with E-state index >= 15 is 0 Å². The Labute approximate surface area is 239 Å². The number of para-hydroxylation sites is 1. The van der Waals surface area contributed by atoms with Crippen molar-refractivity contribution < 1.29 is 56.2 Å². The van der Waals surface area contributed by atoms with Crippen molar-refractivity contribution in [3.8, 4) is 0 Å². The van der Waals surface area contributed by atoms with Gasteiger partial charge in [0.05, 0.1) is 21.2 Å². The zero-order valence-electron chi connectivity index (χ0n) is 20.5. The van der Waals surface area contributed by atoms with E-state index in [9.17, 15) is 35.7 Å². The summed E-state index contributed by atoms with van der Waals surface area (Å²) in [6, 6.07) is 24.5. The van der Waals surface area contributed by atoms with Crippen LogP contribution in [-0.4, -0.2) is 13.0 Å². The van der Waals surface area contributed by atoms with E-state index in [1.54, 1.807) is 18.2 Å². The average molecular weight is 692 g/mol. The molecule has 6 aromatic rings. The fraction of sp³-hybridized carbons (Fsp3) is 0.0345. The highest BCUT2D eigenvalue weighted by atomic mass is 127. The molecule has 0 radical (unpaired) electrons. The number of hydrogen-bond donors (Lipinski definition) is 0. The van der Waals surface area contributed by atoms with Crippen molar-refractivity contribution in [3.63, 3.8) is 0 Å². The Morgan fingerprint density at radius 3 is 2.02 bits per heavy atom. The zero-order chi connectivity index (χ0) is 29.4. The van der Waals surface area contributed by atoms with Gasteiger partial charge >= 0.3 is 33.0 Å². The predicted molar refractivity (Wildman–Crippen MR) is 139 cm³/mol. The summed E-state index contributed by atoms with van der Waals surface area (Å²) in [4.78, 5) is 23.6. The molecule has 0 amide bonds. The molecule has 0 spiro atoms. The van der Waals surface area contributed by atoms with E-state index in [1.807, 2.05) is 48.5 Å². The fourth-order valence-corrected chi connectivity index (χ4v) is 6.68. The summed E-state index contributed by atoms with van der Waals surface area (Å²) in [5.74, 6) is 0. The van der Waals surface area contributed by atoms with Gasteiger partial charge in [0.25, 0.3) is 0 Å². The molecule has 0 aliphatic rings. The molecule has 0 fully saturated rings. The lowest BCUT2D eigenvalue weighted by Gasteiger charge is -2.09. The van der Waals surface area contributed by atoms with Crippen LogP contribution in [0.2, 0.25) is 0 Å². The van der Waals surface area contributed by atoms with Crippen LogP contribution in [0.5, 0.6) is 0 Å². The first-order valence-corrected chi connectivity index (χ1v) is 15.2. The van der Waals surface area contributed by atoms with Gasteiger partial charge in [0.2, 0.25) is 5.43 Å². The van der Waals surface area contributed by atoms with Crippen molar-refractivity contribution >= 4 is 43.0 Å². The van der Waals surface area contributed by atoms with E-state index in [4.69, 9.17) is 8.83 Å². The summed E-state index contributed by atoms with van der Waals surface area (Å²) in [7, 11) is -4.68. The maximum absolute atomic E-state index is 12.8. The SMILES string of the molecule is O=S(=O)([O-])c1ccc(C(F)(F)F)cc1.O=c1ccc2ccc([I+]c3ccc4oc5ccccc5c(=O)c4c3)cc2o1. The summed E-state index contributed by atoms with van der Waals surface area (Å²) in [6.45, 7) is 0. The van der Waals surface area contributed by atoms with Gasteiger partial charge in [0.1, 0.15) is 26.9 Å². The summed E-state index contributed by atoms with van der Waals surface area (Å²) < 4.78 is 80.4. The van der Waals surface area contributed by atoms with E-state index in [0.717, 1.165) is 12.5 Å². The average Bonchev–Trinajstić information content (AvgIpc) is 2.93. The number of fused-ring (bicyclic) bond motifs is 3. The third-order valence-electron chi connectivity index (χ3n) is 5.81. The minimum Gasteiger partial charge on any atom is -0.744 e. The Hall–Kier alpha value is -4.01. The Morgan fingerprint density at radius 1 is 0.683 bits per heavy atom. The molecule has 0 saturated carbocycles. The first-order valence-electron chi connectivity index (χ1n) is 11.7. The number of hydrogen-bond acceptors (Lipinski definition) is 7. The molecule has 6 rings (SSSR count). The first kappa shape index (κ1) is 28.5. The lowest BCUT2D eigenvalue weighted by atomic mass is 10.1. The second kappa shape index (κ2) is 11.1. The van der Waals surface area contributed by atoms with Crippen LogP contribution in [-0.2, 0) is 16.3 Å². The Kier molecular flexibility index (Phi) is 7.72. The quantitative estimate of drug-likeness (QED) is 0.121. The van der Waals surface area contributed by atoms with E-state index < -0.39 is 48.0 Å². The van der Waals surface area contributed by atoms with Crippen molar-refractivity contribution in [2.75, 3.05) is 0 Å². The summed E-state index contributed by atoms with van der Waals surface area (Å²) >= 11 is -0.530. The third-order valence-corrected chi connectivity index (χ3v) is 9.25. The fourth-order valence-electron chi connectivity index (χ4n) is 3.86. The maximum Gasteiger partial charge on any atom is 0.416 e. The van der Waals surface area contributed by atoms with Gasteiger partial charge in [-0.1, -0.05) is 12.1 Å². The topological polar surface area (TPSA) is 118 Å². The molecule has 0 aliphatic carbocycles. The molecule has 2 heterocycles. The van der Waals surface area contributed by atoms with Crippen molar-refractivity contribution in [2.45, 2.75) is 11.1 Å². The number of halogens is 4. The highest BCUT2D eigenvalue weighted by Crippen LogP contribution is 2.29. The van der Waals surface area contributed by atoms with Crippen molar-refractivity contribution in [3.05, 3.63) is 130 Å². The van der Waals surface area contributed by atoms with E-state index in [-0.39, 0.29) is 11.1 Å². The Balaban J connectivity index is 0.000000205. The Morgan fingerprint density at radius 2 is 1.32 bits per heavy atom. The molecule has 0 bridgehead atoms. The molecule has 7 nitrogen and oxygen atoms in total. The second-order valence-electron chi connectivity index (χ2n) is 8.58. The molecule has 4 aromatic carbocycles. The minimum absolute atomic E-state index is 0.0118. The third kappa shape index (κ3) is 6.50. The van der Waals surface area contributed by atoms with Crippen LogP contribution in [0.15, 0.2) is 120 Å². The number of rotatable bonds is 3. The maximum atomic E-state index is 12.8. The van der Waals surface area contributed by atoms with E-state index in [2.05, 4.69) is 0 Å². The largest absolute Gasteiger partial charge is 0.744 e. The summed E-state index contributed by atoms with van der Waals surface area (Å²) in [6.07, 6.45) is -4.54. The van der Waals surface area contributed by atoms with E-state index in [1.165, 1.54) is 6.07 Å². The van der Waals surface area contributed by atoms with Crippen LogP contribution in [0.3, 0.4) is 0 Å². The Bertz CT molecular complexity index is 2140. The van der Waals surface area contributed by atoms with Crippen molar-refractivity contribution in [1.82, 2.24) is 0 Å². The van der Waals surface area contributed by atoms with Gasteiger partial charge in [-0.25, -0.2) is 13.2 Å². The van der Waals surface area contributed by atoms with Gasteiger partial charge in [-0.3, -0.25) is 4.79 Å². The lowest BCUT2D eigenvalue weighted by molar-refractivity contribution is -0.597. The second-order valence-corrected chi connectivity index (χ2v) is 13.0. The van der Waals surface area contributed by atoms with Crippen LogP contribution in [0, 0.1) is 7.14 Å². The van der Waals surface area contributed by atoms with E-state index in [0.29, 0.717) is 51.8 Å². The molecule has 0 aliphatic heterocycles. The van der Waals surface area contributed by atoms with Crippen molar-refractivity contribution in [1.29, 1.82) is 0 Å². The smallest absolute Gasteiger partial charge is 0.416 e. The highest BCUT2D eigenvalue weighted by Gasteiger charge is 2.30. The standard InChI is InChI=1S/C22H12IO4.C7H5F3O3S/c24-21-10-6-13-5-7-15(12-20(13)27-21)23-14-8-9-19-17(11-14)22(25)16-3-1-2-4-18(16)26-19;8-7(9,10)5-1-3-6(4-2-5)14(11,12)13/h1-12H;1-4H,(H,11,12,13)/q+1;/p-1. The van der Waals surface area contributed by atoms with Gasteiger partial charge in [-0.2, -0.15) is 13.2 Å². The molecular formula is C29H16F3IO7S. The molecule has 12 heteroatoms.